The van der Waals surface area contributed by atoms with E-state index in [2.05, 4.69) is 16.4 Å². The number of nitrogens with zero attached hydrogens (tertiary/aromatic N) is 2. The van der Waals surface area contributed by atoms with Crippen molar-refractivity contribution in [3.05, 3.63) is 70.7 Å². The molecule has 1 aliphatic carbocycles. The maximum absolute atomic E-state index is 13.3. The Morgan fingerprint density at radius 1 is 1.31 bits per heavy atom. The van der Waals surface area contributed by atoms with Gasteiger partial charge in [0.25, 0.3) is 12.3 Å². The number of carbonyl (C=O) groups excluding carboxylic acids is 1. The Kier molecular flexibility index (Phi) is 4.18. The van der Waals surface area contributed by atoms with Crippen molar-refractivity contribution in [1.82, 2.24) is 14.7 Å². The summed E-state index contributed by atoms with van der Waals surface area (Å²) < 4.78 is 27.8. The fourth-order valence-corrected chi connectivity index (χ4v) is 3.71. The SMILES string of the molecule is Cc1cc(C(F)F)n2ccc(C(=O)NC3CCCc4ccccc43)c2n1. The third-order valence-corrected chi connectivity index (χ3v) is 4.92. The number of fused-ring (bicyclic) bond motifs is 2. The molecule has 1 unspecified atom stereocenters. The van der Waals surface area contributed by atoms with Crippen LogP contribution in [0.5, 0.6) is 0 Å². The van der Waals surface area contributed by atoms with Crippen molar-refractivity contribution in [2.24, 2.45) is 0 Å². The zero-order chi connectivity index (χ0) is 18.3. The van der Waals surface area contributed by atoms with Crippen LogP contribution in [-0.4, -0.2) is 15.3 Å². The lowest BCUT2D eigenvalue weighted by Crippen LogP contribution is -2.31. The minimum atomic E-state index is -2.63. The minimum absolute atomic E-state index is 0.0678. The summed E-state index contributed by atoms with van der Waals surface area (Å²) in [4.78, 5) is 17.1. The summed E-state index contributed by atoms with van der Waals surface area (Å²) in [6, 6.07) is 10.9. The Balaban J connectivity index is 1.68. The molecule has 3 aromatic rings. The Bertz CT molecular complexity index is 980. The molecular weight excluding hydrogens is 336 g/mol. The van der Waals surface area contributed by atoms with E-state index in [1.807, 2.05) is 18.2 Å². The summed E-state index contributed by atoms with van der Waals surface area (Å²) in [6.07, 6.45) is 1.73. The fourth-order valence-electron chi connectivity index (χ4n) is 3.71. The van der Waals surface area contributed by atoms with Gasteiger partial charge in [-0.3, -0.25) is 9.20 Å². The van der Waals surface area contributed by atoms with Gasteiger partial charge in [-0.05, 0) is 49.4 Å². The van der Waals surface area contributed by atoms with Gasteiger partial charge in [-0.2, -0.15) is 0 Å². The first-order valence-corrected chi connectivity index (χ1v) is 8.70. The highest BCUT2D eigenvalue weighted by Gasteiger charge is 2.24. The van der Waals surface area contributed by atoms with Crippen molar-refractivity contribution >= 4 is 11.6 Å². The summed E-state index contributed by atoms with van der Waals surface area (Å²) >= 11 is 0. The molecule has 6 heteroatoms. The first-order valence-electron chi connectivity index (χ1n) is 8.70. The van der Waals surface area contributed by atoms with E-state index < -0.39 is 6.43 Å². The number of rotatable bonds is 3. The number of amides is 1. The minimum Gasteiger partial charge on any atom is -0.345 e. The van der Waals surface area contributed by atoms with Crippen LogP contribution in [-0.2, 0) is 6.42 Å². The molecule has 2 aromatic heterocycles. The largest absolute Gasteiger partial charge is 0.345 e. The summed E-state index contributed by atoms with van der Waals surface area (Å²) in [5.74, 6) is -0.285. The normalized spacial score (nSPS) is 16.7. The Morgan fingerprint density at radius 3 is 2.92 bits per heavy atom. The molecule has 134 valence electrons. The lowest BCUT2D eigenvalue weighted by molar-refractivity contribution is 0.0934. The third-order valence-electron chi connectivity index (χ3n) is 4.92. The number of halogens is 2. The van der Waals surface area contributed by atoms with Gasteiger partial charge in [0.15, 0.2) is 0 Å². The van der Waals surface area contributed by atoms with Crippen molar-refractivity contribution in [3.8, 4) is 0 Å². The van der Waals surface area contributed by atoms with Gasteiger partial charge < -0.3 is 5.32 Å². The van der Waals surface area contributed by atoms with Crippen molar-refractivity contribution in [2.45, 2.75) is 38.7 Å². The van der Waals surface area contributed by atoms with Crippen LogP contribution in [0, 0.1) is 6.92 Å². The molecule has 4 rings (SSSR count). The smallest absolute Gasteiger partial charge is 0.278 e. The fraction of sp³-hybridized carbons (Fsp3) is 0.300. The van der Waals surface area contributed by atoms with E-state index in [0.29, 0.717) is 11.3 Å². The molecule has 26 heavy (non-hydrogen) atoms. The van der Waals surface area contributed by atoms with Gasteiger partial charge in [0, 0.05) is 11.9 Å². The summed E-state index contributed by atoms with van der Waals surface area (Å²) in [6.45, 7) is 1.65. The molecule has 0 fully saturated rings. The van der Waals surface area contributed by atoms with E-state index in [-0.39, 0.29) is 23.3 Å². The number of aryl methyl sites for hydroxylation is 2. The zero-order valence-corrected chi connectivity index (χ0v) is 14.4. The maximum Gasteiger partial charge on any atom is 0.278 e. The lowest BCUT2D eigenvalue weighted by Gasteiger charge is -2.26. The molecule has 4 nitrogen and oxygen atoms in total. The van der Waals surface area contributed by atoms with E-state index in [9.17, 15) is 13.6 Å². The number of alkyl halides is 2. The molecule has 1 atom stereocenters. The molecule has 0 saturated heterocycles. The van der Waals surface area contributed by atoms with Crippen LogP contribution in [0.15, 0.2) is 42.6 Å². The van der Waals surface area contributed by atoms with E-state index in [1.165, 1.54) is 22.2 Å². The molecule has 1 N–H and O–H groups in total. The van der Waals surface area contributed by atoms with Crippen LogP contribution < -0.4 is 5.32 Å². The van der Waals surface area contributed by atoms with Gasteiger partial charge >= 0.3 is 0 Å². The molecule has 0 bridgehead atoms. The second-order valence-electron chi connectivity index (χ2n) is 6.66. The van der Waals surface area contributed by atoms with E-state index >= 15 is 0 Å². The van der Waals surface area contributed by atoms with Crippen molar-refractivity contribution < 1.29 is 13.6 Å². The third kappa shape index (κ3) is 2.85. The number of hydrogen-bond acceptors (Lipinski definition) is 2. The molecule has 1 aromatic carbocycles. The Labute approximate surface area is 149 Å². The summed E-state index contributed by atoms with van der Waals surface area (Å²) in [7, 11) is 0. The Hall–Kier alpha value is -2.76. The van der Waals surface area contributed by atoms with Crippen LogP contribution in [0.1, 0.15) is 58.2 Å². The zero-order valence-electron chi connectivity index (χ0n) is 14.4. The van der Waals surface area contributed by atoms with Crippen LogP contribution in [0.25, 0.3) is 5.65 Å². The monoisotopic (exact) mass is 355 g/mol. The molecule has 0 aliphatic heterocycles. The standard InChI is InChI=1S/C20H19F2N3O/c1-12-11-17(18(21)22)25-10-9-15(19(25)23-12)20(26)24-16-8-4-6-13-5-2-3-7-14(13)16/h2-3,5,7,9-11,16,18H,4,6,8H2,1H3,(H,24,26). The predicted molar refractivity (Wildman–Crippen MR) is 94.5 cm³/mol. The number of carbonyl (C=O) groups is 1. The van der Waals surface area contributed by atoms with Gasteiger partial charge in [-0.1, -0.05) is 24.3 Å². The second kappa shape index (κ2) is 6.52. The summed E-state index contributed by atoms with van der Waals surface area (Å²) in [5.41, 5.74) is 3.27. The molecule has 1 amide bonds. The molecule has 0 saturated carbocycles. The van der Waals surface area contributed by atoms with Crippen LogP contribution in [0.4, 0.5) is 8.78 Å². The average Bonchev–Trinajstić information content (AvgIpc) is 3.05. The number of nitrogens with one attached hydrogen (secondary N) is 1. The van der Waals surface area contributed by atoms with Crippen molar-refractivity contribution in [2.75, 3.05) is 0 Å². The highest BCUT2D eigenvalue weighted by Crippen LogP contribution is 2.30. The predicted octanol–water partition coefficient (Wildman–Crippen LogP) is 4.39. The van der Waals surface area contributed by atoms with E-state index in [0.717, 1.165) is 24.8 Å². The second-order valence-corrected chi connectivity index (χ2v) is 6.66. The average molecular weight is 355 g/mol. The highest BCUT2D eigenvalue weighted by molar-refractivity contribution is 6.00. The van der Waals surface area contributed by atoms with Crippen LogP contribution in [0.3, 0.4) is 0 Å². The van der Waals surface area contributed by atoms with Crippen molar-refractivity contribution in [3.63, 3.8) is 0 Å². The maximum atomic E-state index is 13.3. The number of hydrogen-bond donors (Lipinski definition) is 1. The highest BCUT2D eigenvalue weighted by atomic mass is 19.3. The van der Waals surface area contributed by atoms with Gasteiger partial charge in [-0.25, -0.2) is 13.8 Å². The van der Waals surface area contributed by atoms with Gasteiger partial charge in [0.05, 0.1) is 17.3 Å². The summed E-state index contributed by atoms with van der Waals surface area (Å²) in [5, 5.41) is 3.06. The van der Waals surface area contributed by atoms with Gasteiger partial charge in [0.1, 0.15) is 5.65 Å². The molecule has 1 aliphatic rings. The van der Waals surface area contributed by atoms with Gasteiger partial charge in [0.2, 0.25) is 0 Å². The molecule has 0 spiro atoms. The topological polar surface area (TPSA) is 46.4 Å². The number of benzene rings is 1. The van der Waals surface area contributed by atoms with Gasteiger partial charge in [-0.15, -0.1) is 0 Å². The van der Waals surface area contributed by atoms with Crippen molar-refractivity contribution in [1.29, 1.82) is 0 Å². The first-order chi connectivity index (χ1) is 12.5. The first kappa shape index (κ1) is 16.7. The molecule has 0 radical (unpaired) electrons. The molecular formula is C20H19F2N3O. The number of aromatic nitrogens is 2. The Morgan fingerprint density at radius 2 is 2.12 bits per heavy atom. The lowest BCUT2D eigenvalue weighted by atomic mass is 9.87. The quantitative estimate of drug-likeness (QED) is 0.757. The van der Waals surface area contributed by atoms with Crippen LogP contribution in [0.2, 0.25) is 0 Å². The van der Waals surface area contributed by atoms with Crippen LogP contribution >= 0.6 is 0 Å². The van der Waals surface area contributed by atoms with E-state index in [1.54, 1.807) is 13.0 Å². The van der Waals surface area contributed by atoms with E-state index in [4.69, 9.17) is 0 Å². The molecule has 2 heterocycles.